The number of aromatic amines is 1. The van der Waals surface area contributed by atoms with Gasteiger partial charge in [0.2, 0.25) is 11.8 Å². The molecule has 144 valence electrons. The summed E-state index contributed by atoms with van der Waals surface area (Å²) < 4.78 is 0. The van der Waals surface area contributed by atoms with Crippen molar-refractivity contribution < 1.29 is 9.59 Å². The number of rotatable bonds is 8. The molecule has 3 N–H and O–H groups in total. The molecular weight excluding hydrogens is 352 g/mol. The van der Waals surface area contributed by atoms with E-state index in [9.17, 15) is 9.59 Å². The summed E-state index contributed by atoms with van der Waals surface area (Å²) >= 11 is 1.51. The first-order valence-electron chi connectivity index (χ1n) is 9.49. The van der Waals surface area contributed by atoms with Gasteiger partial charge < -0.3 is 10.6 Å². The topological polar surface area (TPSA) is 103 Å². The molecule has 1 atom stereocenters. The minimum atomic E-state index is -0.340. The molecule has 1 aromatic heterocycles. The van der Waals surface area contributed by atoms with E-state index >= 15 is 0 Å². The van der Waals surface area contributed by atoms with Gasteiger partial charge in [0.25, 0.3) is 0 Å². The molecule has 0 spiro atoms. The van der Waals surface area contributed by atoms with E-state index < -0.39 is 0 Å². The first-order valence-corrected chi connectivity index (χ1v) is 10.5. The van der Waals surface area contributed by atoms with Gasteiger partial charge in [0.1, 0.15) is 6.33 Å². The van der Waals surface area contributed by atoms with Crippen LogP contribution in [0.15, 0.2) is 11.5 Å². The van der Waals surface area contributed by atoms with Crippen molar-refractivity contribution in [3.63, 3.8) is 0 Å². The summed E-state index contributed by atoms with van der Waals surface area (Å²) in [5.41, 5.74) is 0. The molecule has 1 aliphatic heterocycles. The Bertz CT molecular complexity index is 576. The summed E-state index contributed by atoms with van der Waals surface area (Å²) in [6, 6.07) is -0.340. The summed E-state index contributed by atoms with van der Waals surface area (Å²) in [5, 5.41) is 13.1. The number of aromatic nitrogens is 3. The van der Waals surface area contributed by atoms with E-state index in [2.05, 4.69) is 30.7 Å². The fourth-order valence-corrected chi connectivity index (χ4v) is 4.39. The van der Waals surface area contributed by atoms with E-state index in [-0.39, 0.29) is 24.3 Å². The molecule has 1 aromatic rings. The maximum absolute atomic E-state index is 12.3. The van der Waals surface area contributed by atoms with Crippen molar-refractivity contribution in [3.05, 3.63) is 6.33 Å². The smallest absolute Gasteiger partial charge is 0.237 e. The number of nitrogens with one attached hydrogen (secondary N) is 3. The molecule has 2 fully saturated rings. The lowest BCUT2D eigenvalue weighted by Crippen LogP contribution is -2.57. The maximum atomic E-state index is 12.3. The van der Waals surface area contributed by atoms with Crippen LogP contribution >= 0.6 is 11.8 Å². The van der Waals surface area contributed by atoms with Gasteiger partial charge in [-0.1, -0.05) is 31.0 Å². The van der Waals surface area contributed by atoms with Gasteiger partial charge in [-0.15, -0.1) is 0 Å². The third-order valence-electron chi connectivity index (χ3n) is 5.09. The van der Waals surface area contributed by atoms with Crippen LogP contribution in [-0.2, 0) is 9.59 Å². The number of carbonyl (C=O) groups excluding carboxylic acids is 2. The third-order valence-corrected chi connectivity index (χ3v) is 5.97. The second-order valence-electron chi connectivity index (χ2n) is 7.00. The van der Waals surface area contributed by atoms with E-state index in [0.29, 0.717) is 24.8 Å². The van der Waals surface area contributed by atoms with Gasteiger partial charge in [0.15, 0.2) is 5.16 Å². The lowest BCUT2D eigenvalue weighted by Gasteiger charge is -2.37. The molecule has 0 aromatic carbocycles. The van der Waals surface area contributed by atoms with Crippen molar-refractivity contribution in [3.8, 4) is 0 Å². The van der Waals surface area contributed by atoms with Gasteiger partial charge in [-0.05, 0) is 18.8 Å². The molecule has 0 bridgehead atoms. The number of hydrogen-bond acceptors (Lipinski definition) is 6. The Morgan fingerprint density at radius 1 is 1.35 bits per heavy atom. The minimum absolute atomic E-state index is 0.0155. The van der Waals surface area contributed by atoms with Crippen LogP contribution in [0.2, 0.25) is 0 Å². The third kappa shape index (κ3) is 5.70. The number of thioether (sulfide) groups is 1. The minimum Gasteiger partial charge on any atom is -0.355 e. The van der Waals surface area contributed by atoms with Crippen molar-refractivity contribution in [2.45, 2.75) is 49.7 Å². The highest BCUT2D eigenvalue weighted by Crippen LogP contribution is 2.25. The number of hydrogen-bond donors (Lipinski definition) is 3. The summed E-state index contributed by atoms with van der Waals surface area (Å²) in [4.78, 5) is 30.8. The maximum Gasteiger partial charge on any atom is 0.237 e. The van der Waals surface area contributed by atoms with Crippen LogP contribution in [0.1, 0.15) is 38.5 Å². The molecule has 1 saturated carbocycles. The summed E-state index contributed by atoms with van der Waals surface area (Å²) in [7, 11) is 0. The first-order chi connectivity index (χ1) is 12.7. The van der Waals surface area contributed by atoms with Crippen molar-refractivity contribution >= 4 is 23.6 Å². The van der Waals surface area contributed by atoms with Crippen LogP contribution in [0.25, 0.3) is 0 Å². The molecule has 9 heteroatoms. The molecule has 1 unspecified atom stereocenters. The number of nitrogens with zero attached hydrogens (tertiary/aromatic N) is 3. The molecule has 2 aliphatic rings. The van der Waals surface area contributed by atoms with Crippen LogP contribution < -0.4 is 10.6 Å². The molecule has 0 radical (unpaired) electrons. The van der Waals surface area contributed by atoms with E-state index in [4.69, 9.17) is 0 Å². The highest BCUT2D eigenvalue weighted by atomic mass is 32.2. The SMILES string of the molecule is O=C(CC1C(=O)NCCN1CC1CCCCC1)NCCSc1ncn[nH]1. The largest absolute Gasteiger partial charge is 0.355 e. The van der Waals surface area contributed by atoms with Gasteiger partial charge in [-0.2, -0.15) is 5.10 Å². The Morgan fingerprint density at radius 2 is 2.19 bits per heavy atom. The van der Waals surface area contributed by atoms with Gasteiger partial charge >= 0.3 is 0 Å². The Hall–Kier alpha value is -1.61. The summed E-state index contributed by atoms with van der Waals surface area (Å²) in [5.74, 6) is 1.29. The molecule has 2 heterocycles. The van der Waals surface area contributed by atoms with Gasteiger partial charge in [0, 0.05) is 31.9 Å². The van der Waals surface area contributed by atoms with Gasteiger partial charge in [-0.3, -0.25) is 19.6 Å². The van der Waals surface area contributed by atoms with Crippen molar-refractivity contribution in [1.29, 1.82) is 0 Å². The van der Waals surface area contributed by atoms with E-state index in [1.54, 1.807) is 0 Å². The zero-order valence-corrected chi connectivity index (χ0v) is 15.9. The number of piperazine rings is 1. The summed E-state index contributed by atoms with van der Waals surface area (Å²) in [6.07, 6.45) is 8.09. The molecule has 1 saturated heterocycles. The van der Waals surface area contributed by atoms with Gasteiger partial charge in [-0.25, -0.2) is 4.98 Å². The zero-order valence-electron chi connectivity index (χ0n) is 15.1. The fourth-order valence-electron chi connectivity index (χ4n) is 3.75. The molecule has 2 amide bonds. The molecule has 3 rings (SSSR count). The number of carbonyl (C=O) groups is 2. The van der Waals surface area contributed by atoms with Crippen LogP contribution in [0.5, 0.6) is 0 Å². The molecule has 8 nitrogen and oxygen atoms in total. The number of amides is 2. The quantitative estimate of drug-likeness (QED) is 0.455. The standard InChI is InChI=1S/C17H28N6O2S/c24-15(18-7-9-26-17-20-12-21-22-17)10-14-16(25)19-6-8-23(14)11-13-4-2-1-3-5-13/h12-14H,1-11H2,(H,18,24)(H,19,25)(H,20,21,22). The van der Waals surface area contributed by atoms with Gasteiger partial charge in [0.05, 0.1) is 12.5 Å². The zero-order chi connectivity index (χ0) is 18.2. The lowest BCUT2D eigenvalue weighted by molar-refractivity contribution is -0.134. The molecule has 26 heavy (non-hydrogen) atoms. The summed E-state index contributed by atoms with van der Waals surface area (Å²) in [6.45, 7) is 2.99. The average Bonchev–Trinajstić information content (AvgIpc) is 3.16. The van der Waals surface area contributed by atoms with Crippen LogP contribution in [0, 0.1) is 5.92 Å². The van der Waals surface area contributed by atoms with E-state index in [1.807, 2.05) is 0 Å². The average molecular weight is 381 g/mol. The van der Waals surface area contributed by atoms with Crippen molar-refractivity contribution in [2.75, 3.05) is 31.9 Å². The predicted octanol–water partition coefficient (Wildman–Crippen LogP) is 0.784. The Labute approximate surface area is 158 Å². The second-order valence-corrected chi connectivity index (χ2v) is 8.08. The molecular formula is C17H28N6O2S. The first kappa shape index (κ1) is 19.2. The van der Waals surface area contributed by atoms with Crippen molar-refractivity contribution in [2.24, 2.45) is 5.92 Å². The van der Waals surface area contributed by atoms with Crippen LogP contribution in [0.3, 0.4) is 0 Å². The Kier molecular flexibility index (Phi) is 7.31. The van der Waals surface area contributed by atoms with Crippen LogP contribution in [-0.4, -0.2) is 69.9 Å². The van der Waals surface area contributed by atoms with Crippen molar-refractivity contribution in [1.82, 2.24) is 30.7 Å². The fraction of sp³-hybridized carbons (Fsp3) is 0.765. The monoisotopic (exact) mass is 380 g/mol. The predicted molar refractivity (Wildman–Crippen MR) is 99.7 cm³/mol. The van der Waals surface area contributed by atoms with E-state index in [0.717, 1.165) is 18.2 Å². The Balaban J connectivity index is 1.43. The Morgan fingerprint density at radius 3 is 2.96 bits per heavy atom. The normalized spacial score (nSPS) is 22.2. The highest BCUT2D eigenvalue weighted by Gasteiger charge is 2.33. The second kappa shape index (κ2) is 9.91. The molecule has 1 aliphatic carbocycles. The van der Waals surface area contributed by atoms with Crippen LogP contribution in [0.4, 0.5) is 0 Å². The lowest BCUT2D eigenvalue weighted by atomic mass is 9.88. The number of H-pyrrole nitrogens is 1. The van der Waals surface area contributed by atoms with E-state index in [1.165, 1.54) is 50.2 Å². The highest BCUT2D eigenvalue weighted by molar-refractivity contribution is 7.99.